The van der Waals surface area contributed by atoms with Gasteiger partial charge in [-0.1, -0.05) is 115 Å². The maximum atomic E-state index is 10.8. The topological polar surface area (TPSA) is 37.3 Å². The maximum absolute atomic E-state index is 10.8. The van der Waals surface area contributed by atoms with E-state index in [2.05, 4.69) is 6.92 Å². The Bertz CT molecular complexity index is 464. The van der Waals surface area contributed by atoms with Crippen molar-refractivity contribution in [3.05, 3.63) is 35.4 Å². The number of carboxylic acids is 1. The number of carboxylic acid groups (broad SMARTS) is 1. The number of aryl methyl sites for hydroxylation is 1. The van der Waals surface area contributed by atoms with Crippen LogP contribution in [0.4, 0.5) is 0 Å². The van der Waals surface area contributed by atoms with Crippen LogP contribution in [0.2, 0.25) is 0 Å². The molecule has 1 N–H and O–H groups in total. The van der Waals surface area contributed by atoms with Gasteiger partial charge in [-0.15, -0.1) is 0 Å². The summed E-state index contributed by atoms with van der Waals surface area (Å²) in [5.41, 5.74) is 1.64. The van der Waals surface area contributed by atoms with Crippen LogP contribution in [0, 0.1) is 0 Å². The second-order valence-corrected chi connectivity index (χ2v) is 8.06. The molecule has 2 nitrogen and oxygen atoms in total. The van der Waals surface area contributed by atoms with E-state index in [0.29, 0.717) is 5.56 Å². The van der Waals surface area contributed by atoms with Gasteiger partial charge in [0.05, 0.1) is 5.56 Å². The molecule has 0 spiro atoms. The molecule has 0 bridgehead atoms. The van der Waals surface area contributed by atoms with Gasteiger partial charge in [-0.3, -0.25) is 0 Å². The molecule has 0 fully saturated rings. The number of unbranched alkanes of at least 4 members (excludes halogenated alkanes) is 15. The van der Waals surface area contributed by atoms with E-state index in [9.17, 15) is 4.79 Å². The van der Waals surface area contributed by atoms with E-state index in [1.807, 2.05) is 12.1 Å². The summed E-state index contributed by atoms with van der Waals surface area (Å²) in [5, 5.41) is 8.90. The summed E-state index contributed by atoms with van der Waals surface area (Å²) in [5.74, 6) is -0.844. The predicted molar refractivity (Wildman–Crippen MR) is 117 cm³/mol. The summed E-state index contributed by atoms with van der Waals surface area (Å²) in [6.45, 7) is 2.28. The van der Waals surface area contributed by atoms with Crippen LogP contribution < -0.4 is 0 Å². The fraction of sp³-hybridized carbons (Fsp3) is 0.720. The van der Waals surface area contributed by atoms with Gasteiger partial charge in [-0.25, -0.2) is 4.79 Å². The summed E-state index contributed by atoms with van der Waals surface area (Å²) in [6.07, 6.45) is 23.4. The van der Waals surface area contributed by atoms with Crippen LogP contribution in [-0.4, -0.2) is 11.1 Å². The summed E-state index contributed by atoms with van der Waals surface area (Å²) in [4.78, 5) is 10.8. The number of hydrogen-bond donors (Lipinski definition) is 1. The first-order valence-corrected chi connectivity index (χ1v) is 11.6. The molecule has 0 aliphatic rings. The second-order valence-electron chi connectivity index (χ2n) is 8.06. The highest BCUT2D eigenvalue weighted by molar-refractivity contribution is 5.87. The molecule has 2 heteroatoms. The Labute approximate surface area is 167 Å². The van der Waals surface area contributed by atoms with Crippen LogP contribution in [0.25, 0.3) is 0 Å². The minimum Gasteiger partial charge on any atom is -0.478 e. The van der Waals surface area contributed by atoms with Crippen LogP contribution in [0.3, 0.4) is 0 Å². The van der Waals surface area contributed by atoms with Gasteiger partial charge in [-0.2, -0.15) is 0 Å². The Morgan fingerprint density at radius 3 is 1.37 bits per heavy atom. The van der Waals surface area contributed by atoms with Crippen molar-refractivity contribution in [2.45, 2.75) is 116 Å². The highest BCUT2D eigenvalue weighted by Crippen LogP contribution is 2.14. The Hall–Kier alpha value is -1.31. The molecule has 27 heavy (non-hydrogen) atoms. The van der Waals surface area contributed by atoms with Gasteiger partial charge < -0.3 is 5.11 Å². The van der Waals surface area contributed by atoms with Gasteiger partial charge in [0.25, 0.3) is 0 Å². The number of rotatable bonds is 18. The molecule has 0 aliphatic heterocycles. The smallest absolute Gasteiger partial charge is 0.335 e. The molecule has 1 aromatic rings. The molecule has 0 radical (unpaired) electrons. The maximum Gasteiger partial charge on any atom is 0.335 e. The third-order valence-corrected chi connectivity index (χ3v) is 5.52. The average Bonchev–Trinajstić information content (AvgIpc) is 2.68. The molecule has 0 aromatic heterocycles. The van der Waals surface area contributed by atoms with Gasteiger partial charge in [0, 0.05) is 0 Å². The molecular formula is C25H42O2. The lowest BCUT2D eigenvalue weighted by Crippen LogP contribution is -1.96. The highest BCUT2D eigenvalue weighted by atomic mass is 16.4. The van der Waals surface area contributed by atoms with Crippen LogP contribution in [0.15, 0.2) is 24.3 Å². The Kier molecular flexibility index (Phi) is 14.8. The number of benzene rings is 1. The van der Waals surface area contributed by atoms with Gasteiger partial charge in [0.15, 0.2) is 0 Å². The third-order valence-electron chi connectivity index (χ3n) is 5.52. The lowest BCUT2D eigenvalue weighted by Gasteiger charge is -2.04. The minimum atomic E-state index is -0.844. The highest BCUT2D eigenvalue weighted by Gasteiger charge is 2.01. The van der Waals surface area contributed by atoms with Crippen LogP contribution >= 0.6 is 0 Å². The van der Waals surface area contributed by atoms with Crippen molar-refractivity contribution >= 4 is 5.97 Å². The SMILES string of the molecule is CCCCCCCCCCCCCCCCCCc1ccc(C(=O)O)cc1. The van der Waals surface area contributed by atoms with E-state index in [4.69, 9.17) is 5.11 Å². The number of hydrogen-bond acceptors (Lipinski definition) is 1. The first-order chi connectivity index (χ1) is 13.2. The zero-order chi connectivity index (χ0) is 19.6. The quantitative estimate of drug-likeness (QED) is 0.263. The van der Waals surface area contributed by atoms with Crippen LogP contribution in [0.1, 0.15) is 126 Å². The Morgan fingerprint density at radius 2 is 1.00 bits per heavy atom. The van der Waals surface area contributed by atoms with Crippen molar-refractivity contribution in [2.75, 3.05) is 0 Å². The van der Waals surface area contributed by atoms with E-state index in [1.165, 1.54) is 108 Å². The average molecular weight is 375 g/mol. The summed E-state index contributed by atoms with van der Waals surface area (Å²) < 4.78 is 0. The van der Waals surface area contributed by atoms with E-state index in [1.54, 1.807) is 12.1 Å². The molecule has 0 heterocycles. The van der Waals surface area contributed by atoms with E-state index < -0.39 is 5.97 Å². The number of carbonyl (C=O) groups is 1. The fourth-order valence-corrected chi connectivity index (χ4v) is 3.69. The van der Waals surface area contributed by atoms with Gasteiger partial charge in [0.2, 0.25) is 0 Å². The summed E-state index contributed by atoms with van der Waals surface area (Å²) in [6, 6.07) is 7.33. The molecule has 1 aromatic carbocycles. The van der Waals surface area contributed by atoms with Crippen molar-refractivity contribution in [3.63, 3.8) is 0 Å². The second kappa shape index (κ2) is 16.8. The minimum absolute atomic E-state index is 0.380. The van der Waals surface area contributed by atoms with Crippen molar-refractivity contribution in [3.8, 4) is 0 Å². The predicted octanol–water partition coefficient (Wildman–Crippen LogP) is 8.19. The Morgan fingerprint density at radius 1 is 0.630 bits per heavy atom. The molecule has 0 aliphatic carbocycles. The molecule has 1 rings (SSSR count). The molecule has 154 valence electrons. The zero-order valence-electron chi connectivity index (χ0n) is 17.7. The summed E-state index contributed by atoms with van der Waals surface area (Å²) >= 11 is 0. The van der Waals surface area contributed by atoms with Gasteiger partial charge >= 0.3 is 5.97 Å². The molecule has 0 saturated carbocycles. The monoisotopic (exact) mass is 374 g/mol. The summed E-state index contributed by atoms with van der Waals surface area (Å²) in [7, 11) is 0. The van der Waals surface area contributed by atoms with Gasteiger partial charge in [-0.05, 0) is 30.5 Å². The van der Waals surface area contributed by atoms with Crippen molar-refractivity contribution < 1.29 is 9.90 Å². The van der Waals surface area contributed by atoms with E-state index in [-0.39, 0.29) is 0 Å². The normalized spacial score (nSPS) is 11.0. The fourth-order valence-electron chi connectivity index (χ4n) is 3.69. The van der Waals surface area contributed by atoms with Crippen molar-refractivity contribution in [2.24, 2.45) is 0 Å². The zero-order valence-corrected chi connectivity index (χ0v) is 17.7. The van der Waals surface area contributed by atoms with Crippen molar-refractivity contribution in [1.29, 1.82) is 0 Å². The lowest BCUT2D eigenvalue weighted by molar-refractivity contribution is 0.0697. The first-order valence-electron chi connectivity index (χ1n) is 11.6. The Balaban J connectivity index is 1.81. The molecule has 0 unspecified atom stereocenters. The largest absolute Gasteiger partial charge is 0.478 e. The third kappa shape index (κ3) is 13.5. The number of aromatic carboxylic acids is 1. The molecule has 0 saturated heterocycles. The van der Waals surface area contributed by atoms with Crippen molar-refractivity contribution in [1.82, 2.24) is 0 Å². The molecule has 0 amide bonds. The molecular weight excluding hydrogens is 332 g/mol. The first kappa shape index (κ1) is 23.7. The van der Waals surface area contributed by atoms with Crippen LogP contribution in [-0.2, 0) is 6.42 Å². The van der Waals surface area contributed by atoms with E-state index in [0.717, 1.165) is 6.42 Å². The van der Waals surface area contributed by atoms with E-state index >= 15 is 0 Å². The van der Waals surface area contributed by atoms with Crippen LogP contribution in [0.5, 0.6) is 0 Å². The van der Waals surface area contributed by atoms with Gasteiger partial charge in [0.1, 0.15) is 0 Å². The lowest BCUT2D eigenvalue weighted by atomic mass is 10.0. The molecule has 0 atom stereocenters. The standard InChI is InChI=1S/C25H42O2/c1-2-3-4-5-6-7-8-9-10-11-12-13-14-15-16-17-18-23-19-21-24(22-20-23)25(26)27/h19-22H,2-18H2,1H3,(H,26,27).